The smallest absolute Gasteiger partial charge is 0.234 e. The number of hydrogen-bond donors (Lipinski definition) is 3. The number of carbonyl (C=O) groups excluding carboxylic acids is 1. The number of benzene rings is 2. The maximum absolute atomic E-state index is 11.3. The third kappa shape index (κ3) is 3.30. The van der Waals surface area contributed by atoms with E-state index in [1.54, 1.807) is 6.92 Å². The van der Waals surface area contributed by atoms with Crippen molar-refractivity contribution in [1.29, 1.82) is 0 Å². The molecule has 0 spiro atoms. The Morgan fingerprint density at radius 3 is 2.62 bits per heavy atom. The summed E-state index contributed by atoms with van der Waals surface area (Å²) in [7, 11) is 0. The minimum atomic E-state index is -0.403. The fraction of sp³-hybridized carbons (Fsp3) is 0.211. The van der Waals surface area contributed by atoms with Gasteiger partial charge in [-0.15, -0.1) is 0 Å². The molecule has 0 saturated heterocycles. The topological polar surface area (TPSA) is 70.9 Å². The number of hydrogen-bond acceptors (Lipinski definition) is 2. The number of aromatic nitrogens is 1. The van der Waals surface area contributed by atoms with Gasteiger partial charge in [-0.1, -0.05) is 48.0 Å². The standard InChI is InChI=1S/C19H20ClN3O/c1-12(19(21)24)22-10-15(13-6-2-4-8-17(13)20)16-11-23-18-9-5-3-7-14(16)18/h2-9,11-12,15,22-23H,10H2,1H3,(H2,21,24)/t12-,15-/m0/s1. The Morgan fingerprint density at radius 1 is 1.17 bits per heavy atom. The van der Waals surface area contributed by atoms with E-state index in [2.05, 4.69) is 16.4 Å². The van der Waals surface area contributed by atoms with Gasteiger partial charge in [0.15, 0.2) is 0 Å². The number of rotatable bonds is 6. The van der Waals surface area contributed by atoms with Crippen molar-refractivity contribution in [3.63, 3.8) is 0 Å². The van der Waals surface area contributed by atoms with Gasteiger partial charge in [0.25, 0.3) is 0 Å². The van der Waals surface area contributed by atoms with E-state index in [-0.39, 0.29) is 11.8 Å². The number of primary amides is 1. The van der Waals surface area contributed by atoms with Gasteiger partial charge in [-0.3, -0.25) is 4.79 Å². The van der Waals surface area contributed by atoms with Gasteiger partial charge in [0.1, 0.15) is 0 Å². The molecule has 0 radical (unpaired) electrons. The first-order chi connectivity index (χ1) is 11.6. The van der Waals surface area contributed by atoms with Crippen LogP contribution < -0.4 is 11.1 Å². The van der Waals surface area contributed by atoms with E-state index >= 15 is 0 Å². The van der Waals surface area contributed by atoms with Gasteiger partial charge >= 0.3 is 0 Å². The van der Waals surface area contributed by atoms with Crippen LogP contribution in [-0.2, 0) is 4.79 Å². The summed E-state index contributed by atoms with van der Waals surface area (Å²) in [6, 6.07) is 15.5. The van der Waals surface area contributed by atoms with Crippen LogP contribution >= 0.6 is 11.6 Å². The highest BCUT2D eigenvalue weighted by atomic mass is 35.5. The van der Waals surface area contributed by atoms with Crippen molar-refractivity contribution < 1.29 is 4.79 Å². The largest absolute Gasteiger partial charge is 0.368 e. The number of halogens is 1. The molecule has 124 valence electrons. The molecule has 2 atom stereocenters. The quantitative estimate of drug-likeness (QED) is 0.643. The highest BCUT2D eigenvalue weighted by Gasteiger charge is 2.21. The van der Waals surface area contributed by atoms with E-state index in [1.165, 1.54) is 0 Å². The molecular weight excluding hydrogens is 322 g/mol. The van der Waals surface area contributed by atoms with Crippen molar-refractivity contribution in [2.45, 2.75) is 18.9 Å². The van der Waals surface area contributed by atoms with Gasteiger partial charge in [0.2, 0.25) is 5.91 Å². The predicted molar refractivity (Wildman–Crippen MR) is 98.3 cm³/mol. The van der Waals surface area contributed by atoms with Gasteiger partial charge in [0.05, 0.1) is 6.04 Å². The van der Waals surface area contributed by atoms with Crippen LogP contribution in [0.1, 0.15) is 24.0 Å². The molecule has 4 nitrogen and oxygen atoms in total. The van der Waals surface area contributed by atoms with E-state index in [9.17, 15) is 4.79 Å². The van der Waals surface area contributed by atoms with E-state index in [0.29, 0.717) is 11.6 Å². The molecule has 2 aromatic carbocycles. The molecular formula is C19H20ClN3O. The summed E-state index contributed by atoms with van der Waals surface area (Å²) in [5, 5.41) is 5.07. The summed E-state index contributed by atoms with van der Waals surface area (Å²) in [4.78, 5) is 14.6. The summed E-state index contributed by atoms with van der Waals surface area (Å²) in [5.74, 6) is -0.358. The number of carbonyl (C=O) groups is 1. The molecule has 3 rings (SSSR count). The van der Waals surface area contributed by atoms with Crippen LogP contribution in [0.5, 0.6) is 0 Å². The van der Waals surface area contributed by atoms with Crippen LogP contribution in [0.3, 0.4) is 0 Å². The molecule has 0 saturated carbocycles. The lowest BCUT2D eigenvalue weighted by Crippen LogP contribution is -2.40. The van der Waals surface area contributed by atoms with E-state index in [0.717, 1.165) is 22.0 Å². The van der Waals surface area contributed by atoms with Crippen molar-refractivity contribution in [3.8, 4) is 0 Å². The van der Waals surface area contributed by atoms with Crippen LogP contribution in [0.25, 0.3) is 10.9 Å². The third-order valence-electron chi connectivity index (χ3n) is 4.33. The van der Waals surface area contributed by atoms with Gasteiger partial charge in [-0.05, 0) is 30.2 Å². The summed E-state index contributed by atoms with van der Waals surface area (Å²) < 4.78 is 0. The molecule has 3 aromatic rings. The van der Waals surface area contributed by atoms with Crippen LogP contribution in [0, 0.1) is 0 Å². The van der Waals surface area contributed by atoms with Crippen LogP contribution in [0.15, 0.2) is 54.7 Å². The molecule has 4 N–H and O–H groups in total. The summed E-state index contributed by atoms with van der Waals surface area (Å²) >= 11 is 6.44. The Balaban J connectivity index is 2.02. The Morgan fingerprint density at radius 2 is 1.88 bits per heavy atom. The fourth-order valence-electron chi connectivity index (χ4n) is 2.92. The molecule has 1 aromatic heterocycles. The molecule has 1 amide bonds. The van der Waals surface area contributed by atoms with E-state index in [4.69, 9.17) is 17.3 Å². The normalized spacial score (nSPS) is 13.8. The highest BCUT2D eigenvalue weighted by Crippen LogP contribution is 2.34. The predicted octanol–water partition coefficient (Wildman–Crippen LogP) is 3.42. The monoisotopic (exact) mass is 341 g/mol. The van der Waals surface area contributed by atoms with E-state index in [1.807, 2.05) is 48.7 Å². The van der Waals surface area contributed by atoms with Crippen LogP contribution in [0.4, 0.5) is 0 Å². The number of amides is 1. The zero-order chi connectivity index (χ0) is 17.1. The van der Waals surface area contributed by atoms with Crippen molar-refractivity contribution in [2.24, 2.45) is 5.73 Å². The Bertz CT molecular complexity index is 858. The fourth-order valence-corrected chi connectivity index (χ4v) is 3.19. The Kier molecular flexibility index (Phi) is 4.88. The molecule has 0 bridgehead atoms. The van der Waals surface area contributed by atoms with Gasteiger partial charge in [-0.25, -0.2) is 0 Å². The molecule has 24 heavy (non-hydrogen) atoms. The zero-order valence-corrected chi connectivity index (χ0v) is 14.2. The minimum Gasteiger partial charge on any atom is -0.368 e. The number of para-hydroxylation sites is 1. The zero-order valence-electron chi connectivity index (χ0n) is 13.4. The van der Waals surface area contributed by atoms with Crippen molar-refractivity contribution in [1.82, 2.24) is 10.3 Å². The van der Waals surface area contributed by atoms with Crippen molar-refractivity contribution >= 4 is 28.4 Å². The summed E-state index contributed by atoms with van der Waals surface area (Å²) in [6.07, 6.45) is 2.01. The maximum Gasteiger partial charge on any atom is 0.234 e. The second-order valence-corrected chi connectivity index (χ2v) is 6.30. The first-order valence-corrected chi connectivity index (χ1v) is 8.29. The summed E-state index contributed by atoms with van der Waals surface area (Å²) in [5.41, 5.74) is 8.61. The lowest BCUT2D eigenvalue weighted by atomic mass is 9.90. The number of nitrogens with two attached hydrogens (primary N) is 1. The second kappa shape index (κ2) is 7.07. The number of aromatic amines is 1. The first-order valence-electron chi connectivity index (χ1n) is 7.91. The SMILES string of the molecule is C[C@H](NC[C@@H](c1ccccc1Cl)c1c[nH]c2ccccc12)C(N)=O. The maximum atomic E-state index is 11.3. The lowest BCUT2D eigenvalue weighted by Gasteiger charge is -2.21. The average Bonchev–Trinajstić information content (AvgIpc) is 3.00. The number of fused-ring (bicyclic) bond motifs is 1. The van der Waals surface area contributed by atoms with Gasteiger partial charge in [-0.2, -0.15) is 0 Å². The molecule has 0 aliphatic carbocycles. The summed E-state index contributed by atoms with van der Waals surface area (Å²) in [6.45, 7) is 2.33. The molecule has 1 heterocycles. The molecule has 0 unspecified atom stereocenters. The van der Waals surface area contributed by atoms with E-state index < -0.39 is 6.04 Å². The number of nitrogens with one attached hydrogen (secondary N) is 2. The molecule has 0 aliphatic rings. The second-order valence-electron chi connectivity index (χ2n) is 5.90. The lowest BCUT2D eigenvalue weighted by molar-refractivity contribution is -0.119. The average molecular weight is 342 g/mol. The van der Waals surface area contributed by atoms with Crippen molar-refractivity contribution in [2.75, 3.05) is 6.54 Å². The van der Waals surface area contributed by atoms with Gasteiger partial charge < -0.3 is 16.0 Å². The van der Waals surface area contributed by atoms with Gasteiger partial charge in [0, 0.05) is 34.6 Å². The minimum absolute atomic E-state index is 0.0108. The van der Waals surface area contributed by atoms with Crippen LogP contribution in [0.2, 0.25) is 5.02 Å². The van der Waals surface area contributed by atoms with Crippen molar-refractivity contribution in [3.05, 3.63) is 70.9 Å². The Hall–Kier alpha value is -2.30. The first kappa shape index (κ1) is 16.6. The third-order valence-corrected chi connectivity index (χ3v) is 4.68. The molecule has 0 fully saturated rings. The van der Waals surface area contributed by atoms with Crippen LogP contribution in [-0.4, -0.2) is 23.5 Å². The Labute approximate surface area is 146 Å². The molecule has 0 aliphatic heterocycles. The molecule has 5 heteroatoms. The number of H-pyrrole nitrogens is 1. The highest BCUT2D eigenvalue weighted by molar-refractivity contribution is 6.31.